The lowest BCUT2D eigenvalue weighted by atomic mass is 10.3. The van der Waals surface area contributed by atoms with Gasteiger partial charge in [-0.1, -0.05) is 23.9 Å². The summed E-state index contributed by atoms with van der Waals surface area (Å²) >= 11 is 1.24. The Morgan fingerprint density at radius 3 is 2.72 bits per heavy atom. The van der Waals surface area contributed by atoms with Crippen LogP contribution < -0.4 is 14.8 Å². The molecule has 29 heavy (non-hydrogen) atoms. The van der Waals surface area contributed by atoms with Gasteiger partial charge in [-0.25, -0.2) is 4.39 Å². The SMILES string of the molecule is COc1cccc(OC(C)c2nnc(SCC(=O)Nc3cccc(F)c3)n2C)c1. The number of anilines is 1. The molecule has 1 N–H and O–H groups in total. The predicted octanol–water partition coefficient (Wildman–Crippen LogP) is 3.83. The van der Waals surface area contributed by atoms with E-state index in [0.717, 1.165) is 0 Å². The summed E-state index contributed by atoms with van der Waals surface area (Å²) in [6.45, 7) is 1.87. The Kier molecular flexibility index (Phi) is 6.71. The van der Waals surface area contributed by atoms with Crippen LogP contribution in [0.25, 0.3) is 0 Å². The maximum Gasteiger partial charge on any atom is 0.234 e. The van der Waals surface area contributed by atoms with E-state index in [2.05, 4.69) is 15.5 Å². The standard InChI is InChI=1S/C20H21FN4O3S/c1-13(28-17-9-5-8-16(11-17)27-3)19-23-24-20(25(19)2)29-12-18(26)22-15-7-4-6-14(21)10-15/h4-11,13H,12H2,1-3H3,(H,22,26). The fraction of sp³-hybridized carbons (Fsp3) is 0.250. The summed E-state index contributed by atoms with van der Waals surface area (Å²) in [6.07, 6.45) is -0.352. The fourth-order valence-corrected chi connectivity index (χ4v) is 3.35. The first kappa shape index (κ1) is 20.7. The smallest absolute Gasteiger partial charge is 0.234 e. The Morgan fingerprint density at radius 1 is 1.21 bits per heavy atom. The second kappa shape index (κ2) is 9.42. The molecule has 1 aromatic heterocycles. The molecule has 0 saturated carbocycles. The Morgan fingerprint density at radius 2 is 1.97 bits per heavy atom. The first-order valence-electron chi connectivity index (χ1n) is 8.84. The zero-order chi connectivity index (χ0) is 20.8. The minimum Gasteiger partial charge on any atom is -0.497 e. The molecule has 3 aromatic rings. The summed E-state index contributed by atoms with van der Waals surface area (Å²) in [7, 11) is 3.41. The van der Waals surface area contributed by atoms with Crippen molar-refractivity contribution in [3.8, 4) is 11.5 Å². The number of ether oxygens (including phenoxy) is 2. The van der Waals surface area contributed by atoms with Crippen LogP contribution in [-0.4, -0.2) is 33.5 Å². The van der Waals surface area contributed by atoms with Gasteiger partial charge in [0.15, 0.2) is 17.1 Å². The maximum atomic E-state index is 13.2. The van der Waals surface area contributed by atoms with E-state index < -0.39 is 5.82 Å². The van der Waals surface area contributed by atoms with Crippen molar-refractivity contribution in [1.82, 2.24) is 14.8 Å². The molecule has 0 aliphatic heterocycles. The van der Waals surface area contributed by atoms with Crippen LogP contribution in [0.1, 0.15) is 18.9 Å². The molecule has 152 valence electrons. The first-order valence-corrected chi connectivity index (χ1v) is 9.83. The topological polar surface area (TPSA) is 78.3 Å². The molecule has 0 spiro atoms. The molecule has 0 aliphatic rings. The molecular formula is C20H21FN4O3S. The second-order valence-electron chi connectivity index (χ2n) is 6.19. The highest BCUT2D eigenvalue weighted by Crippen LogP contribution is 2.26. The zero-order valence-electron chi connectivity index (χ0n) is 16.3. The quantitative estimate of drug-likeness (QED) is 0.562. The minimum atomic E-state index is -0.404. The molecule has 9 heteroatoms. The van der Waals surface area contributed by atoms with Crippen LogP contribution in [-0.2, 0) is 11.8 Å². The lowest BCUT2D eigenvalue weighted by Crippen LogP contribution is -2.15. The van der Waals surface area contributed by atoms with Gasteiger partial charge >= 0.3 is 0 Å². The van der Waals surface area contributed by atoms with Crippen molar-refractivity contribution in [3.05, 3.63) is 60.2 Å². The van der Waals surface area contributed by atoms with E-state index in [0.29, 0.717) is 28.2 Å². The lowest BCUT2D eigenvalue weighted by Gasteiger charge is -2.14. The van der Waals surface area contributed by atoms with Crippen LogP contribution in [0.15, 0.2) is 53.7 Å². The molecule has 1 atom stereocenters. The van der Waals surface area contributed by atoms with E-state index in [1.165, 1.54) is 30.0 Å². The molecule has 0 bridgehead atoms. The number of halogens is 1. The van der Waals surface area contributed by atoms with Gasteiger partial charge in [-0.15, -0.1) is 10.2 Å². The van der Waals surface area contributed by atoms with Gasteiger partial charge in [0.25, 0.3) is 0 Å². The summed E-state index contributed by atoms with van der Waals surface area (Å²) in [5.74, 6) is 1.44. The van der Waals surface area contributed by atoms with E-state index >= 15 is 0 Å². The van der Waals surface area contributed by atoms with Crippen LogP contribution in [0.2, 0.25) is 0 Å². The molecule has 1 unspecified atom stereocenters. The van der Waals surface area contributed by atoms with Crippen LogP contribution in [0.3, 0.4) is 0 Å². The van der Waals surface area contributed by atoms with Crippen LogP contribution in [0, 0.1) is 5.82 Å². The van der Waals surface area contributed by atoms with Crippen molar-refractivity contribution in [2.75, 3.05) is 18.2 Å². The average Bonchev–Trinajstić information content (AvgIpc) is 3.07. The highest BCUT2D eigenvalue weighted by Gasteiger charge is 2.18. The third-order valence-electron chi connectivity index (χ3n) is 4.03. The number of amides is 1. The van der Waals surface area contributed by atoms with Crippen molar-refractivity contribution in [1.29, 1.82) is 0 Å². The molecule has 0 aliphatic carbocycles. The van der Waals surface area contributed by atoms with Crippen molar-refractivity contribution in [2.24, 2.45) is 7.05 Å². The molecule has 3 rings (SSSR count). The zero-order valence-corrected chi connectivity index (χ0v) is 17.1. The predicted molar refractivity (Wildman–Crippen MR) is 109 cm³/mol. The Labute approximate surface area is 172 Å². The number of nitrogens with zero attached hydrogens (tertiary/aromatic N) is 3. The van der Waals surface area contributed by atoms with Gasteiger partial charge in [0.05, 0.1) is 12.9 Å². The maximum absolute atomic E-state index is 13.2. The highest BCUT2D eigenvalue weighted by molar-refractivity contribution is 7.99. The van der Waals surface area contributed by atoms with Crippen LogP contribution >= 0.6 is 11.8 Å². The van der Waals surface area contributed by atoms with Crippen molar-refractivity contribution >= 4 is 23.4 Å². The second-order valence-corrected chi connectivity index (χ2v) is 7.13. The molecule has 7 nitrogen and oxygen atoms in total. The first-order chi connectivity index (χ1) is 14.0. The molecule has 0 radical (unpaired) electrons. The summed E-state index contributed by atoms with van der Waals surface area (Å²) in [5.41, 5.74) is 0.412. The summed E-state index contributed by atoms with van der Waals surface area (Å²) < 4.78 is 26.1. The molecule has 2 aromatic carbocycles. The van der Waals surface area contributed by atoms with Gasteiger partial charge in [0, 0.05) is 18.8 Å². The lowest BCUT2D eigenvalue weighted by molar-refractivity contribution is -0.113. The van der Waals surface area contributed by atoms with E-state index in [1.54, 1.807) is 23.8 Å². The Balaban J connectivity index is 1.59. The summed E-state index contributed by atoms with van der Waals surface area (Å²) in [4.78, 5) is 12.1. The van der Waals surface area contributed by atoms with Crippen LogP contribution in [0.5, 0.6) is 11.5 Å². The highest BCUT2D eigenvalue weighted by atomic mass is 32.2. The van der Waals surface area contributed by atoms with Gasteiger partial charge in [-0.2, -0.15) is 0 Å². The third-order valence-corrected chi connectivity index (χ3v) is 5.05. The van der Waals surface area contributed by atoms with Gasteiger partial charge in [-0.05, 0) is 37.3 Å². The number of thioether (sulfide) groups is 1. The number of aromatic nitrogens is 3. The Hall–Kier alpha value is -3.07. The van der Waals surface area contributed by atoms with E-state index in [4.69, 9.17) is 9.47 Å². The van der Waals surface area contributed by atoms with Gasteiger partial charge < -0.3 is 19.4 Å². The number of hydrogen-bond donors (Lipinski definition) is 1. The van der Waals surface area contributed by atoms with Crippen LogP contribution in [0.4, 0.5) is 10.1 Å². The third kappa shape index (κ3) is 5.47. The number of hydrogen-bond acceptors (Lipinski definition) is 6. The number of rotatable bonds is 8. The molecule has 1 amide bonds. The Bertz CT molecular complexity index is 995. The molecule has 0 fully saturated rings. The largest absolute Gasteiger partial charge is 0.497 e. The number of nitrogens with one attached hydrogen (secondary N) is 1. The van der Waals surface area contributed by atoms with E-state index in [1.807, 2.05) is 32.2 Å². The number of benzene rings is 2. The van der Waals surface area contributed by atoms with E-state index in [-0.39, 0.29) is 17.8 Å². The average molecular weight is 416 g/mol. The normalized spacial score (nSPS) is 11.7. The number of carbonyl (C=O) groups excluding carboxylic acids is 1. The number of carbonyl (C=O) groups is 1. The monoisotopic (exact) mass is 416 g/mol. The fourth-order valence-electron chi connectivity index (χ4n) is 2.63. The minimum absolute atomic E-state index is 0.119. The van der Waals surface area contributed by atoms with E-state index in [9.17, 15) is 9.18 Å². The molecule has 0 saturated heterocycles. The van der Waals surface area contributed by atoms with Gasteiger partial charge in [0.2, 0.25) is 5.91 Å². The van der Waals surface area contributed by atoms with Crippen molar-refractivity contribution < 1.29 is 18.7 Å². The molecule has 1 heterocycles. The summed E-state index contributed by atoms with van der Waals surface area (Å²) in [5, 5.41) is 11.5. The van der Waals surface area contributed by atoms with Gasteiger partial charge in [0.1, 0.15) is 17.3 Å². The van der Waals surface area contributed by atoms with Crippen molar-refractivity contribution in [2.45, 2.75) is 18.2 Å². The summed E-state index contributed by atoms with van der Waals surface area (Å²) in [6, 6.07) is 13.1. The van der Waals surface area contributed by atoms with Crippen molar-refractivity contribution in [3.63, 3.8) is 0 Å². The van der Waals surface area contributed by atoms with Gasteiger partial charge in [-0.3, -0.25) is 4.79 Å². The number of methoxy groups -OCH3 is 1. The molecular weight excluding hydrogens is 395 g/mol.